The van der Waals surface area contributed by atoms with Gasteiger partial charge in [0, 0.05) is 24.9 Å². The van der Waals surface area contributed by atoms with Gasteiger partial charge in [0.2, 0.25) is 0 Å². The van der Waals surface area contributed by atoms with Crippen molar-refractivity contribution in [1.29, 1.82) is 0 Å². The van der Waals surface area contributed by atoms with Gasteiger partial charge in [0.1, 0.15) is 5.82 Å². The van der Waals surface area contributed by atoms with E-state index in [2.05, 4.69) is 10.3 Å². The fraction of sp³-hybridized carbons (Fsp3) is 0.400. The number of pyridine rings is 1. The molecule has 0 aromatic carbocycles. The van der Waals surface area contributed by atoms with Gasteiger partial charge in [0.15, 0.2) is 0 Å². The van der Waals surface area contributed by atoms with Crippen molar-refractivity contribution in [3.05, 3.63) is 23.9 Å². The molecule has 0 bridgehead atoms. The fourth-order valence-electron chi connectivity index (χ4n) is 1.07. The summed E-state index contributed by atoms with van der Waals surface area (Å²) in [7, 11) is 0. The monoisotopic (exact) mass is 209 g/mol. The number of hydrogen-bond donors (Lipinski definition) is 2. The van der Waals surface area contributed by atoms with Crippen LogP contribution < -0.4 is 11.1 Å². The predicted molar refractivity (Wildman–Crippen MR) is 57.5 cm³/mol. The lowest BCUT2D eigenvalue weighted by molar-refractivity contribution is 0.0922. The number of rotatable bonds is 5. The summed E-state index contributed by atoms with van der Waals surface area (Å²) in [5.41, 5.74) is 5.97. The highest BCUT2D eigenvalue weighted by molar-refractivity contribution is 5.94. The first-order valence-electron chi connectivity index (χ1n) is 4.81. The minimum Gasteiger partial charge on any atom is -0.384 e. The van der Waals surface area contributed by atoms with Crippen LogP contribution in [-0.2, 0) is 4.74 Å². The van der Waals surface area contributed by atoms with Crippen molar-refractivity contribution in [1.82, 2.24) is 10.3 Å². The maximum absolute atomic E-state index is 11.5. The highest BCUT2D eigenvalue weighted by Gasteiger charge is 2.04. The van der Waals surface area contributed by atoms with Gasteiger partial charge in [0.05, 0.1) is 6.61 Å². The second-order valence-electron chi connectivity index (χ2n) is 2.92. The van der Waals surface area contributed by atoms with Crippen LogP contribution in [0.25, 0.3) is 0 Å². The smallest absolute Gasteiger partial charge is 0.251 e. The van der Waals surface area contributed by atoms with Crippen molar-refractivity contribution in [2.45, 2.75) is 6.92 Å². The third kappa shape index (κ3) is 3.95. The molecule has 0 fully saturated rings. The molecule has 0 aliphatic heterocycles. The van der Waals surface area contributed by atoms with Crippen LogP contribution >= 0.6 is 0 Å². The maximum atomic E-state index is 11.5. The number of nitrogens with zero attached hydrogens (tertiary/aromatic N) is 1. The summed E-state index contributed by atoms with van der Waals surface area (Å²) in [6.07, 6.45) is 1.51. The molecule has 15 heavy (non-hydrogen) atoms. The van der Waals surface area contributed by atoms with Crippen molar-refractivity contribution < 1.29 is 9.53 Å². The van der Waals surface area contributed by atoms with E-state index in [0.29, 0.717) is 31.1 Å². The van der Waals surface area contributed by atoms with Crippen LogP contribution in [0.2, 0.25) is 0 Å². The molecular weight excluding hydrogens is 194 g/mol. The minimum absolute atomic E-state index is 0.163. The van der Waals surface area contributed by atoms with Gasteiger partial charge in [-0.25, -0.2) is 4.98 Å². The molecule has 5 nitrogen and oxygen atoms in total. The molecule has 1 heterocycles. The molecule has 0 atom stereocenters. The number of nitrogens with two attached hydrogens (primary N) is 1. The van der Waals surface area contributed by atoms with E-state index in [1.165, 1.54) is 12.3 Å². The Balaban J connectivity index is 2.40. The van der Waals surface area contributed by atoms with E-state index in [1.807, 2.05) is 6.92 Å². The molecule has 1 rings (SSSR count). The molecule has 0 unspecified atom stereocenters. The van der Waals surface area contributed by atoms with Crippen LogP contribution in [0, 0.1) is 0 Å². The third-order valence-corrected chi connectivity index (χ3v) is 1.78. The average molecular weight is 209 g/mol. The lowest BCUT2D eigenvalue weighted by atomic mass is 10.2. The molecule has 3 N–H and O–H groups in total. The first-order valence-corrected chi connectivity index (χ1v) is 4.81. The summed E-state index contributed by atoms with van der Waals surface area (Å²) in [4.78, 5) is 15.3. The average Bonchev–Trinajstić information content (AvgIpc) is 2.24. The standard InChI is InChI=1S/C10H15N3O2/c1-2-15-6-5-13-10(14)8-3-4-12-9(11)7-8/h3-4,7H,2,5-6H2,1H3,(H2,11,12)(H,13,14). The number of nitrogens with one attached hydrogen (secondary N) is 1. The molecule has 0 radical (unpaired) electrons. The normalized spacial score (nSPS) is 9.93. The zero-order valence-corrected chi connectivity index (χ0v) is 8.69. The second-order valence-corrected chi connectivity index (χ2v) is 2.92. The Bertz CT molecular complexity index is 328. The Morgan fingerprint density at radius 2 is 2.47 bits per heavy atom. The van der Waals surface area contributed by atoms with E-state index >= 15 is 0 Å². The van der Waals surface area contributed by atoms with Gasteiger partial charge in [-0.05, 0) is 19.1 Å². The van der Waals surface area contributed by atoms with Crippen molar-refractivity contribution in [3.63, 3.8) is 0 Å². The zero-order valence-electron chi connectivity index (χ0n) is 8.69. The van der Waals surface area contributed by atoms with E-state index < -0.39 is 0 Å². The van der Waals surface area contributed by atoms with E-state index in [0.717, 1.165) is 0 Å². The molecule has 5 heteroatoms. The van der Waals surface area contributed by atoms with E-state index in [4.69, 9.17) is 10.5 Å². The van der Waals surface area contributed by atoms with Gasteiger partial charge in [-0.3, -0.25) is 4.79 Å². The summed E-state index contributed by atoms with van der Waals surface area (Å²) in [6, 6.07) is 3.16. The number of nitrogen functional groups attached to an aromatic ring is 1. The Hall–Kier alpha value is -1.62. The number of carbonyl (C=O) groups is 1. The molecule has 0 saturated heterocycles. The Morgan fingerprint density at radius 1 is 1.67 bits per heavy atom. The molecule has 0 aliphatic rings. The molecular formula is C10H15N3O2. The first kappa shape index (κ1) is 11.5. The number of carbonyl (C=O) groups excluding carboxylic acids is 1. The van der Waals surface area contributed by atoms with Crippen molar-refractivity contribution in [2.24, 2.45) is 0 Å². The van der Waals surface area contributed by atoms with Crippen LogP contribution in [0.5, 0.6) is 0 Å². The molecule has 82 valence electrons. The lowest BCUT2D eigenvalue weighted by Crippen LogP contribution is -2.27. The first-order chi connectivity index (χ1) is 7.24. The Labute approximate surface area is 88.6 Å². The molecule has 1 aromatic rings. The molecule has 0 spiro atoms. The van der Waals surface area contributed by atoms with Crippen molar-refractivity contribution >= 4 is 11.7 Å². The summed E-state index contributed by atoms with van der Waals surface area (Å²) >= 11 is 0. The third-order valence-electron chi connectivity index (χ3n) is 1.78. The van der Waals surface area contributed by atoms with Crippen LogP contribution in [0.1, 0.15) is 17.3 Å². The SMILES string of the molecule is CCOCCNC(=O)c1ccnc(N)c1. The summed E-state index contributed by atoms with van der Waals surface area (Å²) in [5.74, 6) is 0.177. The summed E-state index contributed by atoms with van der Waals surface area (Å²) < 4.78 is 5.09. The van der Waals surface area contributed by atoms with Gasteiger partial charge in [0.25, 0.3) is 5.91 Å². The van der Waals surface area contributed by atoms with Crippen molar-refractivity contribution in [2.75, 3.05) is 25.5 Å². The van der Waals surface area contributed by atoms with Crippen molar-refractivity contribution in [3.8, 4) is 0 Å². The molecule has 1 amide bonds. The largest absolute Gasteiger partial charge is 0.384 e. The van der Waals surface area contributed by atoms with Crippen LogP contribution in [0.4, 0.5) is 5.82 Å². The number of anilines is 1. The predicted octanol–water partition coefficient (Wildman–Crippen LogP) is 0.430. The molecule has 0 saturated carbocycles. The molecule has 1 aromatic heterocycles. The summed E-state index contributed by atoms with van der Waals surface area (Å²) in [6.45, 7) is 3.57. The highest BCUT2D eigenvalue weighted by Crippen LogP contribution is 2.02. The lowest BCUT2D eigenvalue weighted by Gasteiger charge is -2.05. The number of ether oxygens (including phenoxy) is 1. The Kier molecular flexibility index (Phi) is 4.56. The van der Waals surface area contributed by atoms with Crippen LogP contribution in [0.15, 0.2) is 18.3 Å². The summed E-state index contributed by atoms with van der Waals surface area (Å²) in [5, 5.41) is 2.71. The molecule has 0 aliphatic carbocycles. The topological polar surface area (TPSA) is 77.2 Å². The van der Waals surface area contributed by atoms with Gasteiger partial charge in [-0.15, -0.1) is 0 Å². The quantitative estimate of drug-likeness (QED) is 0.689. The van der Waals surface area contributed by atoms with E-state index in [9.17, 15) is 4.79 Å². The fourth-order valence-corrected chi connectivity index (χ4v) is 1.07. The second kappa shape index (κ2) is 5.98. The van der Waals surface area contributed by atoms with Gasteiger partial charge in [-0.2, -0.15) is 0 Å². The van der Waals surface area contributed by atoms with Crippen LogP contribution in [0.3, 0.4) is 0 Å². The van der Waals surface area contributed by atoms with Gasteiger partial charge >= 0.3 is 0 Å². The maximum Gasteiger partial charge on any atom is 0.251 e. The van der Waals surface area contributed by atoms with Gasteiger partial charge < -0.3 is 15.8 Å². The highest BCUT2D eigenvalue weighted by atomic mass is 16.5. The zero-order chi connectivity index (χ0) is 11.1. The van der Waals surface area contributed by atoms with Gasteiger partial charge in [-0.1, -0.05) is 0 Å². The van der Waals surface area contributed by atoms with Crippen LogP contribution in [-0.4, -0.2) is 30.6 Å². The number of hydrogen-bond acceptors (Lipinski definition) is 4. The minimum atomic E-state index is -0.163. The number of amides is 1. The Morgan fingerprint density at radius 3 is 3.13 bits per heavy atom. The number of aromatic nitrogens is 1. The van der Waals surface area contributed by atoms with E-state index in [-0.39, 0.29) is 5.91 Å². The van der Waals surface area contributed by atoms with E-state index in [1.54, 1.807) is 6.07 Å².